The molecule has 3 N–H and O–H groups in total. The number of hydrogen-bond acceptors (Lipinski definition) is 3. The fraction of sp³-hybridized carbons (Fsp3) is 0.176. The SMILES string of the molecule is O=C(O)c1cccc(C(=O)NCC(O)C(F)(F)c2ccccc2)c1. The summed E-state index contributed by atoms with van der Waals surface area (Å²) in [6.45, 7) is -0.683. The smallest absolute Gasteiger partial charge is 0.335 e. The van der Waals surface area contributed by atoms with E-state index in [1.54, 1.807) is 6.07 Å². The first-order valence-electron chi connectivity index (χ1n) is 7.05. The maximum atomic E-state index is 14.1. The van der Waals surface area contributed by atoms with Crippen LogP contribution >= 0.6 is 0 Å². The Morgan fingerprint density at radius 1 is 1.04 bits per heavy atom. The van der Waals surface area contributed by atoms with Crippen LogP contribution in [0.2, 0.25) is 0 Å². The van der Waals surface area contributed by atoms with E-state index in [0.717, 1.165) is 6.07 Å². The van der Waals surface area contributed by atoms with E-state index >= 15 is 0 Å². The summed E-state index contributed by atoms with van der Waals surface area (Å²) in [4.78, 5) is 22.8. The maximum Gasteiger partial charge on any atom is 0.335 e. The van der Waals surface area contributed by atoms with Gasteiger partial charge in [0, 0.05) is 11.1 Å². The number of aromatic carboxylic acids is 1. The molecule has 5 nitrogen and oxygen atoms in total. The number of carbonyl (C=O) groups is 2. The molecule has 0 fully saturated rings. The summed E-state index contributed by atoms with van der Waals surface area (Å²) in [5, 5.41) is 20.8. The van der Waals surface area contributed by atoms with Crippen molar-refractivity contribution in [1.82, 2.24) is 5.32 Å². The standard InChI is InChI=1S/C17H15F2NO4/c18-17(19,13-7-2-1-3-8-13)14(21)10-20-15(22)11-5-4-6-12(9-11)16(23)24/h1-9,14,21H,10H2,(H,20,22)(H,23,24). The van der Waals surface area contributed by atoms with Gasteiger partial charge in [-0.25, -0.2) is 4.79 Å². The highest BCUT2D eigenvalue weighted by Crippen LogP contribution is 2.31. The number of carbonyl (C=O) groups excluding carboxylic acids is 1. The second-order valence-corrected chi connectivity index (χ2v) is 5.10. The second-order valence-electron chi connectivity index (χ2n) is 5.10. The van der Waals surface area contributed by atoms with Gasteiger partial charge in [-0.2, -0.15) is 8.78 Å². The van der Waals surface area contributed by atoms with Crippen molar-refractivity contribution >= 4 is 11.9 Å². The molecular formula is C17H15F2NO4. The first-order chi connectivity index (χ1) is 11.3. The van der Waals surface area contributed by atoms with E-state index in [-0.39, 0.29) is 16.7 Å². The highest BCUT2D eigenvalue weighted by molar-refractivity contribution is 5.97. The van der Waals surface area contributed by atoms with Crippen LogP contribution in [0.25, 0.3) is 0 Å². The van der Waals surface area contributed by atoms with Crippen LogP contribution in [0.3, 0.4) is 0 Å². The monoisotopic (exact) mass is 335 g/mol. The fourth-order valence-electron chi connectivity index (χ4n) is 2.07. The van der Waals surface area contributed by atoms with Gasteiger partial charge in [-0.15, -0.1) is 0 Å². The van der Waals surface area contributed by atoms with Crippen molar-refractivity contribution in [3.63, 3.8) is 0 Å². The molecule has 0 heterocycles. The molecule has 0 aliphatic heterocycles. The molecule has 0 aliphatic rings. The Bertz CT molecular complexity index is 734. The van der Waals surface area contributed by atoms with Crippen LogP contribution in [0.4, 0.5) is 8.78 Å². The van der Waals surface area contributed by atoms with Crippen LogP contribution in [-0.2, 0) is 5.92 Å². The Labute approximate surface area is 136 Å². The Hall–Kier alpha value is -2.80. The number of aliphatic hydroxyl groups excluding tert-OH is 1. The molecule has 0 saturated carbocycles. The summed E-state index contributed by atoms with van der Waals surface area (Å²) in [5.41, 5.74) is -0.456. The van der Waals surface area contributed by atoms with E-state index in [1.807, 2.05) is 0 Å². The number of halogens is 2. The number of nitrogens with one attached hydrogen (secondary N) is 1. The second kappa shape index (κ2) is 7.18. The van der Waals surface area contributed by atoms with Gasteiger partial charge in [0.05, 0.1) is 12.1 Å². The summed E-state index contributed by atoms with van der Waals surface area (Å²) in [5.74, 6) is -5.49. The van der Waals surface area contributed by atoms with Crippen LogP contribution in [0.1, 0.15) is 26.3 Å². The first kappa shape index (κ1) is 17.6. The predicted molar refractivity (Wildman–Crippen MR) is 82.1 cm³/mol. The number of aliphatic hydroxyl groups is 1. The summed E-state index contributed by atoms with van der Waals surface area (Å²) in [6.07, 6.45) is -2.12. The molecule has 1 unspecified atom stereocenters. The molecule has 0 radical (unpaired) electrons. The number of carboxylic acid groups (broad SMARTS) is 1. The zero-order chi connectivity index (χ0) is 17.7. The molecule has 2 aromatic carbocycles. The van der Waals surface area contributed by atoms with Crippen LogP contribution < -0.4 is 5.32 Å². The number of benzene rings is 2. The average molecular weight is 335 g/mol. The average Bonchev–Trinajstić information content (AvgIpc) is 2.60. The van der Waals surface area contributed by atoms with Gasteiger partial charge in [-0.3, -0.25) is 4.79 Å². The van der Waals surface area contributed by atoms with Crippen LogP contribution in [-0.4, -0.2) is 34.7 Å². The molecule has 126 valence electrons. The predicted octanol–water partition coefficient (Wildman–Crippen LogP) is 2.27. The number of carboxylic acids is 1. The molecule has 0 saturated heterocycles. The largest absolute Gasteiger partial charge is 0.478 e. The van der Waals surface area contributed by atoms with E-state index in [9.17, 15) is 23.5 Å². The molecule has 7 heteroatoms. The topological polar surface area (TPSA) is 86.6 Å². The van der Waals surface area contributed by atoms with Crippen molar-refractivity contribution in [2.24, 2.45) is 0 Å². The molecule has 0 aromatic heterocycles. The van der Waals surface area contributed by atoms with Crippen molar-refractivity contribution in [2.75, 3.05) is 6.54 Å². The van der Waals surface area contributed by atoms with Crippen molar-refractivity contribution < 1.29 is 28.6 Å². The highest BCUT2D eigenvalue weighted by Gasteiger charge is 2.40. The lowest BCUT2D eigenvalue weighted by molar-refractivity contribution is -0.112. The van der Waals surface area contributed by atoms with E-state index in [2.05, 4.69) is 5.32 Å². The zero-order valence-corrected chi connectivity index (χ0v) is 12.4. The number of alkyl halides is 2. The normalized spacial score (nSPS) is 12.5. The van der Waals surface area contributed by atoms with Crippen molar-refractivity contribution in [2.45, 2.75) is 12.0 Å². The third-order valence-electron chi connectivity index (χ3n) is 3.40. The van der Waals surface area contributed by atoms with E-state index < -0.39 is 30.4 Å². The lowest BCUT2D eigenvalue weighted by Gasteiger charge is -2.23. The van der Waals surface area contributed by atoms with E-state index in [0.29, 0.717) is 0 Å². The summed E-state index contributed by atoms with van der Waals surface area (Å²) in [7, 11) is 0. The van der Waals surface area contributed by atoms with Gasteiger partial charge in [0.15, 0.2) is 0 Å². The summed E-state index contributed by atoms with van der Waals surface area (Å²) in [6, 6.07) is 11.9. The quantitative estimate of drug-likeness (QED) is 0.756. The van der Waals surface area contributed by atoms with Crippen LogP contribution in [0, 0.1) is 0 Å². The highest BCUT2D eigenvalue weighted by atomic mass is 19.3. The molecule has 1 amide bonds. The molecule has 2 rings (SSSR count). The molecule has 2 aromatic rings. The Balaban J connectivity index is 2.03. The molecule has 1 atom stereocenters. The zero-order valence-electron chi connectivity index (χ0n) is 12.4. The van der Waals surface area contributed by atoms with Gasteiger partial charge in [0.25, 0.3) is 11.8 Å². The van der Waals surface area contributed by atoms with Gasteiger partial charge < -0.3 is 15.5 Å². The lowest BCUT2D eigenvalue weighted by Crippen LogP contribution is -2.41. The summed E-state index contributed by atoms with van der Waals surface area (Å²) < 4.78 is 28.2. The van der Waals surface area contributed by atoms with Crippen molar-refractivity contribution in [1.29, 1.82) is 0 Å². The maximum absolute atomic E-state index is 14.1. The van der Waals surface area contributed by atoms with Gasteiger partial charge in [-0.05, 0) is 18.2 Å². The Morgan fingerprint density at radius 3 is 2.29 bits per heavy atom. The van der Waals surface area contributed by atoms with Gasteiger partial charge >= 0.3 is 5.97 Å². The van der Waals surface area contributed by atoms with E-state index in [1.165, 1.54) is 42.5 Å². The van der Waals surface area contributed by atoms with Gasteiger partial charge in [0.1, 0.15) is 6.10 Å². The van der Waals surface area contributed by atoms with Gasteiger partial charge in [-0.1, -0.05) is 36.4 Å². The minimum Gasteiger partial charge on any atom is -0.478 e. The van der Waals surface area contributed by atoms with E-state index in [4.69, 9.17) is 5.11 Å². The van der Waals surface area contributed by atoms with Crippen LogP contribution in [0.15, 0.2) is 54.6 Å². The van der Waals surface area contributed by atoms with Crippen LogP contribution in [0.5, 0.6) is 0 Å². The Kier molecular flexibility index (Phi) is 5.25. The van der Waals surface area contributed by atoms with Gasteiger partial charge in [0.2, 0.25) is 0 Å². The molecular weight excluding hydrogens is 320 g/mol. The van der Waals surface area contributed by atoms with Crippen molar-refractivity contribution in [3.8, 4) is 0 Å². The minimum atomic E-state index is -3.53. The minimum absolute atomic E-state index is 0.00475. The molecule has 0 bridgehead atoms. The number of rotatable bonds is 6. The third-order valence-corrected chi connectivity index (χ3v) is 3.40. The molecule has 0 aliphatic carbocycles. The summed E-state index contributed by atoms with van der Waals surface area (Å²) >= 11 is 0. The van der Waals surface area contributed by atoms with Crippen molar-refractivity contribution in [3.05, 3.63) is 71.3 Å². The number of hydrogen-bond donors (Lipinski definition) is 3. The Morgan fingerprint density at radius 2 is 1.67 bits per heavy atom. The molecule has 24 heavy (non-hydrogen) atoms. The number of amides is 1. The molecule has 0 spiro atoms. The third kappa shape index (κ3) is 3.94. The first-order valence-corrected chi connectivity index (χ1v) is 7.05. The lowest BCUT2D eigenvalue weighted by atomic mass is 10.0. The fourth-order valence-corrected chi connectivity index (χ4v) is 2.07.